The van der Waals surface area contributed by atoms with E-state index in [1.165, 1.54) is 13.2 Å². The molecule has 1 N–H and O–H groups in total. The minimum atomic E-state index is -0.465. The lowest BCUT2D eigenvalue weighted by molar-refractivity contribution is -0.385. The lowest BCUT2D eigenvalue weighted by atomic mass is 10.2. The number of methoxy groups -OCH3 is 1. The number of aryl methyl sites for hydroxylation is 1. The summed E-state index contributed by atoms with van der Waals surface area (Å²) in [6, 6.07) is 4.69. The second-order valence-electron chi connectivity index (χ2n) is 3.86. The van der Waals surface area contributed by atoms with E-state index in [0.29, 0.717) is 6.54 Å². The molecule has 0 unspecified atom stereocenters. The molecule has 1 heterocycles. The van der Waals surface area contributed by atoms with Crippen LogP contribution in [0.4, 0.5) is 11.4 Å². The van der Waals surface area contributed by atoms with Crippen LogP contribution in [0.1, 0.15) is 9.88 Å². The maximum atomic E-state index is 10.8. The summed E-state index contributed by atoms with van der Waals surface area (Å²) in [6.45, 7) is 2.58. The Hall–Kier alpha value is -2.15. The van der Waals surface area contributed by atoms with Gasteiger partial charge in [-0.05, 0) is 13.0 Å². The highest BCUT2D eigenvalue weighted by Crippen LogP contribution is 2.29. The number of nitro benzene ring substituents is 1. The summed E-state index contributed by atoms with van der Waals surface area (Å²) in [4.78, 5) is 15.7. The van der Waals surface area contributed by atoms with Gasteiger partial charge in [-0.3, -0.25) is 10.1 Å². The third-order valence-corrected chi connectivity index (χ3v) is 3.40. The van der Waals surface area contributed by atoms with Crippen molar-refractivity contribution in [3.8, 4) is 5.75 Å². The minimum Gasteiger partial charge on any atom is -0.490 e. The molecule has 7 heteroatoms. The Morgan fingerprint density at radius 1 is 1.53 bits per heavy atom. The van der Waals surface area contributed by atoms with Crippen molar-refractivity contribution in [1.29, 1.82) is 0 Å². The maximum Gasteiger partial charge on any atom is 0.311 e. The number of nitrogens with zero attached hydrogens (tertiary/aromatic N) is 2. The largest absolute Gasteiger partial charge is 0.490 e. The second kappa shape index (κ2) is 5.66. The Kier molecular flexibility index (Phi) is 3.96. The van der Waals surface area contributed by atoms with E-state index in [-0.39, 0.29) is 11.4 Å². The van der Waals surface area contributed by atoms with E-state index in [4.69, 9.17) is 4.74 Å². The highest BCUT2D eigenvalue weighted by atomic mass is 32.1. The van der Waals surface area contributed by atoms with Crippen LogP contribution in [-0.2, 0) is 6.54 Å². The molecule has 0 aliphatic carbocycles. The van der Waals surface area contributed by atoms with E-state index in [9.17, 15) is 10.1 Å². The molecule has 0 radical (unpaired) electrons. The third kappa shape index (κ3) is 3.19. The number of anilines is 1. The van der Waals surface area contributed by atoms with Crippen molar-refractivity contribution >= 4 is 22.7 Å². The highest BCUT2D eigenvalue weighted by molar-refractivity contribution is 7.11. The average Bonchev–Trinajstić information content (AvgIpc) is 2.81. The van der Waals surface area contributed by atoms with Crippen LogP contribution < -0.4 is 10.1 Å². The predicted octanol–water partition coefficient (Wildman–Crippen LogP) is 2.98. The molecule has 0 bridgehead atoms. The van der Waals surface area contributed by atoms with Gasteiger partial charge in [0.2, 0.25) is 0 Å². The van der Waals surface area contributed by atoms with Crippen molar-refractivity contribution in [2.24, 2.45) is 0 Å². The first-order chi connectivity index (χ1) is 9.10. The van der Waals surface area contributed by atoms with E-state index < -0.39 is 4.92 Å². The molecule has 0 atom stereocenters. The summed E-state index contributed by atoms with van der Waals surface area (Å²) in [6.07, 6.45) is 1.82. The Balaban J connectivity index is 2.11. The van der Waals surface area contributed by atoms with E-state index in [0.717, 1.165) is 15.6 Å². The van der Waals surface area contributed by atoms with E-state index in [1.807, 2.05) is 13.1 Å². The molecule has 0 saturated carbocycles. The topological polar surface area (TPSA) is 77.3 Å². The van der Waals surface area contributed by atoms with Crippen molar-refractivity contribution < 1.29 is 9.66 Å². The smallest absolute Gasteiger partial charge is 0.311 e. The van der Waals surface area contributed by atoms with Crippen LogP contribution in [0.2, 0.25) is 0 Å². The molecule has 0 amide bonds. The van der Waals surface area contributed by atoms with Crippen LogP contribution in [0.25, 0.3) is 0 Å². The number of hydrogen-bond donors (Lipinski definition) is 1. The van der Waals surface area contributed by atoms with Crippen molar-refractivity contribution in [3.63, 3.8) is 0 Å². The Labute approximate surface area is 114 Å². The summed E-state index contributed by atoms with van der Waals surface area (Å²) in [5.74, 6) is 0.241. The van der Waals surface area contributed by atoms with E-state index >= 15 is 0 Å². The quantitative estimate of drug-likeness (QED) is 0.672. The number of benzene rings is 1. The lowest BCUT2D eigenvalue weighted by Gasteiger charge is -2.07. The number of ether oxygens (including phenoxy) is 1. The third-order valence-electron chi connectivity index (χ3n) is 2.49. The standard InChI is InChI=1S/C12H13N3O3S/c1-8-6-14-12(19-8)7-13-9-3-4-10(15(16)17)11(5-9)18-2/h3-6,13H,7H2,1-2H3. The van der Waals surface area contributed by atoms with Crippen LogP contribution in [0.3, 0.4) is 0 Å². The van der Waals surface area contributed by atoms with Crippen molar-refractivity contribution in [2.45, 2.75) is 13.5 Å². The molecule has 0 aliphatic rings. The number of rotatable bonds is 5. The van der Waals surface area contributed by atoms with Gasteiger partial charge in [-0.15, -0.1) is 11.3 Å². The number of nitrogens with one attached hydrogen (secondary N) is 1. The molecule has 0 fully saturated rings. The van der Waals surface area contributed by atoms with Gasteiger partial charge in [-0.1, -0.05) is 0 Å². The summed E-state index contributed by atoms with van der Waals surface area (Å²) in [5, 5.41) is 14.9. The average molecular weight is 279 g/mol. The van der Waals surface area contributed by atoms with Crippen molar-refractivity contribution in [1.82, 2.24) is 4.98 Å². The van der Waals surface area contributed by atoms with Gasteiger partial charge in [0.15, 0.2) is 5.75 Å². The molecule has 0 aliphatic heterocycles. The van der Waals surface area contributed by atoms with Crippen LogP contribution in [0, 0.1) is 17.0 Å². The van der Waals surface area contributed by atoms with Crippen molar-refractivity contribution in [3.05, 3.63) is 44.4 Å². The first-order valence-corrected chi connectivity index (χ1v) is 6.39. The first-order valence-electron chi connectivity index (χ1n) is 5.57. The number of aromatic nitrogens is 1. The fraction of sp³-hybridized carbons (Fsp3) is 0.250. The van der Waals surface area contributed by atoms with Gasteiger partial charge in [-0.25, -0.2) is 4.98 Å². The Morgan fingerprint density at radius 3 is 2.89 bits per heavy atom. The monoisotopic (exact) mass is 279 g/mol. The molecule has 0 saturated heterocycles. The van der Waals surface area contributed by atoms with E-state index in [2.05, 4.69) is 10.3 Å². The predicted molar refractivity (Wildman–Crippen MR) is 73.8 cm³/mol. The lowest BCUT2D eigenvalue weighted by Crippen LogP contribution is -2.00. The zero-order chi connectivity index (χ0) is 13.8. The molecule has 1 aromatic carbocycles. The minimum absolute atomic E-state index is 0.0434. The molecule has 6 nitrogen and oxygen atoms in total. The zero-order valence-electron chi connectivity index (χ0n) is 10.5. The molecular weight excluding hydrogens is 266 g/mol. The van der Waals surface area contributed by atoms with Crippen LogP contribution in [-0.4, -0.2) is 17.0 Å². The summed E-state index contributed by atoms with van der Waals surface area (Å²) < 4.78 is 5.01. The van der Waals surface area contributed by atoms with Gasteiger partial charge in [0, 0.05) is 28.9 Å². The van der Waals surface area contributed by atoms with Crippen molar-refractivity contribution in [2.75, 3.05) is 12.4 Å². The van der Waals surface area contributed by atoms with Crippen LogP contribution >= 0.6 is 11.3 Å². The fourth-order valence-electron chi connectivity index (χ4n) is 1.60. The Morgan fingerprint density at radius 2 is 2.32 bits per heavy atom. The van der Waals surface area contributed by atoms with E-state index in [1.54, 1.807) is 23.5 Å². The maximum absolute atomic E-state index is 10.8. The molecule has 1 aromatic heterocycles. The summed E-state index contributed by atoms with van der Waals surface area (Å²) in [5.41, 5.74) is 0.716. The first kappa shape index (κ1) is 13.3. The normalized spacial score (nSPS) is 10.2. The zero-order valence-corrected chi connectivity index (χ0v) is 11.4. The summed E-state index contributed by atoms with van der Waals surface area (Å²) >= 11 is 1.61. The van der Waals surface area contributed by atoms with Crippen LogP contribution in [0.5, 0.6) is 5.75 Å². The SMILES string of the molecule is COc1cc(NCc2ncc(C)s2)ccc1[N+](=O)[O-]. The van der Waals surface area contributed by atoms with Crippen LogP contribution in [0.15, 0.2) is 24.4 Å². The van der Waals surface area contributed by atoms with Gasteiger partial charge >= 0.3 is 5.69 Å². The van der Waals surface area contributed by atoms with Gasteiger partial charge in [0.1, 0.15) is 5.01 Å². The van der Waals surface area contributed by atoms with Gasteiger partial charge < -0.3 is 10.1 Å². The summed E-state index contributed by atoms with van der Waals surface area (Å²) in [7, 11) is 1.41. The molecule has 0 spiro atoms. The molecular formula is C12H13N3O3S. The number of nitro groups is 1. The highest BCUT2D eigenvalue weighted by Gasteiger charge is 2.14. The molecule has 2 aromatic rings. The van der Waals surface area contributed by atoms with Gasteiger partial charge in [0.25, 0.3) is 0 Å². The second-order valence-corrected chi connectivity index (χ2v) is 5.18. The van der Waals surface area contributed by atoms with Gasteiger partial charge in [0.05, 0.1) is 18.6 Å². The Bertz CT molecular complexity index is 598. The fourth-order valence-corrected chi connectivity index (χ4v) is 2.33. The molecule has 100 valence electrons. The number of thiazole rings is 1. The number of hydrogen-bond acceptors (Lipinski definition) is 6. The van der Waals surface area contributed by atoms with Gasteiger partial charge in [-0.2, -0.15) is 0 Å². The molecule has 2 rings (SSSR count). The molecule has 19 heavy (non-hydrogen) atoms.